The van der Waals surface area contributed by atoms with Crippen molar-refractivity contribution < 1.29 is 19.1 Å². The van der Waals surface area contributed by atoms with Gasteiger partial charge in [0.2, 0.25) is 11.9 Å². The fraction of sp³-hybridized carbons (Fsp3) is 0.375. The molecule has 0 radical (unpaired) electrons. The standard InChI is InChI=1S/C24H27N3O4/c1-4-6-15-26-22(28)20(23(29)31-5-2)21(16-11-13-17(30-3)14-12-16)27-19-10-8-7-9-18(19)25-24(26)27/h7-14,20-21H,4-6,15H2,1-3H3/t20-,21+/m0/s1. The number of imidazole rings is 1. The van der Waals surface area contributed by atoms with Crippen LogP contribution in [0.3, 0.4) is 0 Å². The van der Waals surface area contributed by atoms with Crippen molar-refractivity contribution >= 4 is 28.9 Å². The number of fused-ring (bicyclic) bond motifs is 3. The Morgan fingerprint density at radius 1 is 1.10 bits per heavy atom. The number of methoxy groups -OCH3 is 1. The quantitative estimate of drug-likeness (QED) is 0.426. The normalized spacial score (nSPS) is 18.2. The van der Waals surface area contributed by atoms with Gasteiger partial charge in [0.1, 0.15) is 5.75 Å². The van der Waals surface area contributed by atoms with E-state index in [1.807, 2.05) is 53.1 Å². The van der Waals surface area contributed by atoms with Gasteiger partial charge in [-0.1, -0.05) is 37.6 Å². The topological polar surface area (TPSA) is 73.7 Å². The van der Waals surface area contributed by atoms with Crippen molar-refractivity contribution in [2.24, 2.45) is 5.92 Å². The molecule has 2 aromatic carbocycles. The van der Waals surface area contributed by atoms with E-state index in [0.29, 0.717) is 18.2 Å². The average Bonchev–Trinajstić information content (AvgIpc) is 3.17. The lowest BCUT2D eigenvalue weighted by Gasteiger charge is -2.38. The molecule has 0 bridgehead atoms. The van der Waals surface area contributed by atoms with Crippen LogP contribution in [0.1, 0.15) is 38.3 Å². The summed E-state index contributed by atoms with van der Waals surface area (Å²) in [6.45, 7) is 4.54. The number of para-hydroxylation sites is 2. The van der Waals surface area contributed by atoms with E-state index in [0.717, 1.165) is 29.4 Å². The molecule has 2 heterocycles. The van der Waals surface area contributed by atoms with Gasteiger partial charge in [0, 0.05) is 6.54 Å². The van der Waals surface area contributed by atoms with Crippen molar-refractivity contribution in [3.05, 3.63) is 54.1 Å². The van der Waals surface area contributed by atoms with Gasteiger partial charge < -0.3 is 14.0 Å². The van der Waals surface area contributed by atoms with Crippen molar-refractivity contribution in [2.45, 2.75) is 32.7 Å². The molecule has 7 heteroatoms. The summed E-state index contributed by atoms with van der Waals surface area (Å²) in [5, 5.41) is 0. The molecule has 2 atom stereocenters. The largest absolute Gasteiger partial charge is 0.497 e. The Morgan fingerprint density at radius 3 is 2.52 bits per heavy atom. The molecule has 162 valence electrons. The summed E-state index contributed by atoms with van der Waals surface area (Å²) >= 11 is 0. The second-order valence-corrected chi connectivity index (χ2v) is 7.56. The summed E-state index contributed by atoms with van der Waals surface area (Å²) in [6, 6.07) is 14.7. The SMILES string of the molecule is CCCCN1C(=O)[C@@H](C(=O)OCC)[C@@H](c2ccc(OC)cc2)n2c1nc1ccccc12. The summed E-state index contributed by atoms with van der Waals surface area (Å²) in [5.41, 5.74) is 2.49. The lowest BCUT2D eigenvalue weighted by Crippen LogP contribution is -2.50. The molecular formula is C24H27N3O4. The smallest absolute Gasteiger partial charge is 0.321 e. The third kappa shape index (κ3) is 3.65. The van der Waals surface area contributed by atoms with Crippen LogP contribution in [0.4, 0.5) is 5.95 Å². The molecule has 0 saturated heterocycles. The first-order valence-corrected chi connectivity index (χ1v) is 10.7. The number of hydrogen-bond donors (Lipinski definition) is 0. The van der Waals surface area contributed by atoms with Crippen molar-refractivity contribution in [3.63, 3.8) is 0 Å². The summed E-state index contributed by atoms with van der Waals surface area (Å²) in [7, 11) is 1.60. The van der Waals surface area contributed by atoms with E-state index in [2.05, 4.69) is 6.92 Å². The average molecular weight is 421 g/mol. The summed E-state index contributed by atoms with van der Waals surface area (Å²) in [4.78, 5) is 33.1. The fourth-order valence-corrected chi connectivity index (χ4v) is 4.18. The van der Waals surface area contributed by atoms with Crippen LogP contribution in [0.15, 0.2) is 48.5 Å². The van der Waals surface area contributed by atoms with Gasteiger partial charge in [-0.2, -0.15) is 0 Å². The first-order chi connectivity index (χ1) is 15.1. The Morgan fingerprint density at radius 2 is 1.84 bits per heavy atom. The van der Waals surface area contributed by atoms with E-state index >= 15 is 0 Å². The van der Waals surface area contributed by atoms with E-state index in [4.69, 9.17) is 14.5 Å². The zero-order chi connectivity index (χ0) is 22.0. The van der Waals surface area contributed by atoms with Gasteiger partial charge >= 0.3 is 5.97 Å². The summed E-state index contributed by atoms with van der Waals surface area (Å²) in [5.74, 6) is -0.496. The summed E-state index contributed by atoms with van der Waals surface area (Å²) in [6.07, 6.45) is 1.74. The maximum Gasteiger partial charge on any atom is 0.321 e. The number of benzene rings is 2. The minimum absolute atomic E-state index is 0.213. The lowest BCUT2D eigenvalue weighted by molar-refractivity contribution is -0.153. The highest BCUT2D eigenvalue weighted by molar-refractivity contribution is 6.08. The number of nitrogens with zero attached hydrogens (tertiary/aromatic N) is 3. The van der Waals surface area contributed by atoms with Crippen molar-refractivity contribution in [1.29, 1.82) is 0 Å². The lowest BCUT2D eigenvalue weighted by atomic mass is 9.89. The highest BCUT2D eigenvalue weighted by Gasteiger charge is 2.47. The summed E-state index contributed by atoms with van der Waals surface area (Å²) < 4.78 is 12.7. The molecule has 1 aliphatic heterocycles. The van der Waals surface area contributed by atoms with E-state index < -0.39 is 17.9 Å². The maximum absolute atomic E-state index is 13.6. The van der Waals surface area contributed by atoms with Crippen LogP contribution in [0, 0.1) is 5.92 Å². The highest BCUT2D eigenvalue weighted by atomic mass is 16.5. The third-order valence-corrected chi connectivity index (χ3v) is 5.68. The molecule has 0 aliphatic carbocycles. The molecule has 7 nitrogen and oxygen atoms in total. The maximum atomic E-state index is 13.6. The van der Waals surface area contributed by atoms with Gasteiger partial charge in [0.05, 0.1) is 30.8 Å². The minimum atomic E-state index is -0.990. The molecule has 1 amide bonds. The molecule has 0 fully saturated rings. The molecular weight excluding hydrogens is 394 g/mol. The van der Waals surface area contributed by atoms with Gasteiger partial charge in [0.15, 0.2) is 5.92 Å². The fourth-order valence-electron chi connectivity index (χ4n) is 4.18. The van der Waals surface area contributed by atoms with Crippen molar-refractivity contribution in [2.75, 3.05) is 25.2 Å². The van der Waals surface area contributed by atoms with E-state index in [9.17, 15) is 9.59 Å². The van der Waals surface area contributed by atoms with Crippen LogP contribution in [0.5, 0.6) is 5.75 Å². The van der Waals surface area contributed by atoms with Gasteiger partial charge in [0.25, 0.3) is 0 Å². The van der Waals surface area contributed by atoms with Crippen molar-refractivity contribution in [1.82, 2.24) is 9.55 Å². The first-order valence-electron chi connectivity index (χ1n) is 10.7. The second kappa shape index (κ2) is 8.79. The van der Waals surface area contributed by atoms with E-state index in [1.54, 1.807) is 18.9 Å². The molecule has 0 N–H and O–H groups in total. The van der Waals surface area contributed by atoms with Gasteiger partial charge in [-0.25, -0.2) is 4.98 Å². The molecule has 1 aliphatic rings. The predicted octanol–water partition coefficient (Wildman–Crippen LogP) is 3.96. The number of rotatable bonds is 7. The molecule has 0 spiro atoms. The number of carbonyl (C=O) groups excluding carboxylic acids is 2. The molecule has 3 aromatic rings. The van der Waals surface area contributed by atoms with Crippen LogP contribution >= 0.6 is 0 Å². The Hall–Kier alpha value is -3.35. The second-order valence-electron chi connectivity index (χ2n) is 7.56. The minimum Gasteiger partial charge on any atom is -0.497 e. The number of amides is 1. The number of carbonyl (C=O) groups is 2. The number of ether oxygens (including phenoxy) is 2. The Kier molecular flexibility index (Phi) is 5.93. The number of esters is 1. The highest BCUT2D eigenvalue weighted by Crippen LogP contribution is 2.41. The molecule has 31 heavy (non-hydrogen) atoms. The van der Waals surface area contributed by atoms with E-state index in [1.165, 1.54) is 0 Å². The van der Waals surface area contributed by atoms with Gasteiger partial charge in [-0.15, -0.1) is 0 Å². The predicted molar refractivity (Wildman–Crippen MR) is 118 cm³/mol. The van der Waals surface area contributed by atoms with Crippen LogP contribution in [0.25, 0.3) is 11.0 Å². The molecule has 1 aromatic heterocycles. The zero-order valence-electron chi connectivity index (χ0n) is 18.1. The molecule has 4 rings (SSSR count). The van der Waals surface area contributed by atoms with Crippen molar-refractivity contribution in [3.8, 4) is 5.75 Å². The van der Waals surface area contributed by atoms with E-state index in [-0.39, 0.29) is 12.5 Å². The number of hydrogen-bond acceptors (Lipinski definition) is 5. The van der Waals surface area contributed by atoms with Gasteiger partial charge in [-0.3, -0.25) is 14.5 Å². The first kappa shape index (κ1) is 20.9. The Balaban J connectivity index is 1.95. The van der Waals surface area contributed by atoms with Crippen LogP contribution in [0.2, 0.25) is 0 Å². The monoisotopic (exact) mass is 421 g/mol. The Bertz CT molecular complexity index is 1090. The number of anilines is 1. The third-order valence-electron chi connectivity index (χ3n) is 5.68. The van der Waals surface area contributed by atoms with Crippen LogP contribution < -0.4 is 9.64 Å². The molecule has 0 unspecified atom stereocenters. The van der Waals surface area contributed by atoms with Gasteiger partial charge in [-0.05, 0) is 43.2 Å². The molecule has 0 saturated carbocycles. The Labute approximate surface area is 181 Å². The zero-order valence-corrected chi connectivity index (χ0v) is 18.1. The van der Waals surface area contributed by atoms with Crippen LogP contribution in [-0.2, 0) is 14.3 Å². The number of aromatic nitrogens is 2. The van der Waals surface area contributed by atoms with Crippen LogP contribution in [-0.4, -0.2) is 41.7 Å². The number of unbranched alkanes of at least 4 members (excludes halogenated alkanes) is 1.